The molecule has 29 heavy (non-hydrogen) atoms. The molecule has 2 aliphatic heterocycles. The van der Waals surface area contributed by atoms with E-state index in [1.807, 2.05) is 18.2 Å². The number of halogens is 1. The second-order valence-electron chi connectivity index (χ2n) is 7.26. The van der Waals surface area contributed by atoms with E-state index >= 15 is 0 Å². The minimum Gasteiger partial charge on any atom is -0.466 e. The Bertz CT molecular complexity index is 817. The Morgan fingerprint density at radius 1 is 1.31 bits per heavy atom. The van der Waals surface area contributed by atoms with E-state index in [0.717, 1.165) is 22.2 Å². The first-order valence-corrected chi connectivity index (χ1v) is 10.9. The van der Waals surface area contributed by atoms with E-state index in [9.17, 15) is 19.2 Å². The number of rotatable bonds is 6. The van der Waals surface area contributed by atoms with E-state index in [2.05, 4.69) is 0 Å². The molecule has 156 valence electrons. The van der Waals surface area contributed by atoms with E-state index in [0.29, 0.717) is 30.8 Å². The first kappa shape index (κ1) is 21.6. The fourth-order valence-corrected chi connectivity index (χ4v) is 4.76. The molecule has 0 spiro atoms. The van der Waals surface area contributed by atoms with Gasteiger partial charge in [0.25, 0.3) is 5.24 Å². The minimum absolute atomic E-state index is 0.0631. The van der Waals surface area contributed by atoms with Crippen LogP contribution < -0.4 is 0 Å². The molecular formula is C20H23ClN2O5S. The van der Waals surface area contributed by atoms with Gasteiger partial charge >= 0.3 is 5.97 Å². The molecule has 7 nitrogen and oxygen atoms in total. The van der Waals surface area contributed by atoms with E-state index in [1.54, 1.807) is 17.9 Å². The van der Waals surface area contributed by atoms with Crippen molar-refractivity contribution < 1.29 is 23.9 Å². The number of carbonyl (C=O) groups is 4. The van der Waals surface area contributed by atoms with E-state index in [-0.39, 0.29) is 43.2 Å². The molecule has 3 amide bonds. The van der Waals surface area contributed by atoms with Gasteiger partial charge in [-0.25, -0.2) is 0 Å². The summed E-state index contributed by atoms with van der Waals surface area (Å²) in [7, 11) is 0. The molecule has 0 aromatic heterocycles. The van der Waals surface area contributed by atoms with Crippen molar-refractivity contribution in [1.29, 1.82) is 0 Å². The molecule has 0 saturated carbocycles. The molecule has 2 aliphatic rings. The highest BCUT2D eigenvalue weighted by molar-refractivity contribution is 8.14. The summed E-state index contributed by atoms with van der Waals surface area (Å²) in [6.07, 6.45) is 1.61. The highest BCUT2D eigenvalue weighted by Crippen LogP contribution is 2.36. The SMILES string of the molecule is CCOC(=O)[C@@]1(Cc2cccc(Cl)c2)CCCN(C(=O)CN2C(=O)CSC2=O)C1. The van der Waals surface area contributed by atoms with Crippen LogP contribution >= 0.6 is 23.4 Å². The van der Waals surface area contributed by atoms with Gasteiger partial charge in [0.15, 0.2) is 0 Å². The van der Waals surface area contributed by atoms with Crippen LogP contribution in [0.5, 0.6) is 0 Å². The molecule has 1 aromatic carbocycles. The lowest BCUT2D eigenvalue weighted by Crippen LogP contribution is -2.53. The second kappa shape index (κ2) is 9.17. The van der Waals surface area contributed by atoms with Crippen molar-refractivity contribution in [2.45, 2.75) is 26.2 Å². The monoisotopic (exact) mass is 438 g/mol. The van der Waals surface area contributed by atoms with Crippen molar-refractivity contribution in [3.8, 4) is 0 Å². The Morgan fingerprint density at radius 3 is 2.76 bits per heavy atom. The molecule has 3 rings (SSSR count). The van der Waals surface area contributed by atoms with Crippen molar-refractivity contribution in [3.63, 3.8) is 0 Å². The molecule has 0 aliphatic carbocycles. The molecule has 2 heterocycles. The van der Waals surface area contributed by atoms with Gasteiger partial charge in [-0.2, -0.15) is 0 Å². The maximum Gasteiger partial charge on any atom is 0.314 e. The molecule has 0 unspecified atom stereocenters. The zero-order valence-electron chi connectivity index (χ0n) is 16.2. The lowest BCUT2D eigenvalue weighted by molar-refractivity contribution is -0.161. The molecule has 1 atom stereocenters. The summed E-state index contributed by atoms with van der Waals surface area (Å²) in [4.78, 5) is 51.9. The van der Waals surface area contributed by atoms with Gasteiger partial charge in [0.05, 0.1) is 17.8 Å². The van der Waals surface area contributed by atoms with Gasteiger partial charge in [0.1, 0.15) is 6.54 Å². The van der Waals surface area contributed by atoms with Crippen LogP contribution in [0, 0.1) is 5.41 Å². The number of benzene rings is 1. The number of esters is 1. The number of hydrogen-bond acceptors (Lipinski definition) is 6. The Balaban J connectivity index is 1.79. The predicted octanol–water partition coefficient (Wildman–Crippen LogP) is 2.75. The second-order valence-corrected chi connectivity index (χ2v) is 8.62. The highest BCUT2D eigenvalue weighted by Gasteiger charge is 2.45. The van der Waals surface area contributed by atoms with Crippen molar-refractivity contribution >= 4 is 46.4 Å². The van der Waals surface area contributed by atoms with E-state index < -0.39 is 10.7 Å². The first-order chi connectivity index (χ1) is 13.8. The summed E-state index contributed by atoms with van der Waals surface area (Å²) in [5.41, 5.74) is 0.00343. The fourth-order valence-electron chi connectivity index (χ4n) is 3.82. The van der Waals surface area contributed by atoms with Crippen molar-refractivity contribution in [3.05, 3.63) is 34.9 Å². The molecule has 2 fully saturated rings. The molecule has 1 aromatic rings. The van der Waals surface area contributed by atoms with E-state index in [1.165, 1.54) is 0 Å². The van der Waals surface area contributed by atoms with Crippen molar-refractivity contribution in [1.82, 2.24) is 9.80 Å². The average Bonchev–Trinajstić information content (AvgIpc) is 3.00. The van der Waals surface area contributed by atoms with Gasteiger partial charge in [0, 0.05) is 18.1 Å². The maximum atomic E-state index is 12.9. The number of nitrogens with zero attached hydrogens (tertiary/aromatic N) is 2. The van der Waals surface area contributed by atoms with Crippen LogP contribution in [0.1, 0.15) is 25.3 Å². The standard InChI is InChI=1S/C20H23ClN2O5S/c1-2-28-18(26)20(10-14-5-3-6-15(21)9-14)7-4-8-22(13-20)16(24)11-23-17(25)12-29-19(23)27/h3,5-6,9H,2,4,7-8,10-13H2,1H3/t20-/m1/s1. The fraction of sp³-hybridized carbons (Fsp3) is 0.500. The van der Waals surface area contributed by atoms with Crippen LogP contribution in [0.15, 0.2) is 24.3 Å². The van der Waals surface area contributed by atoms with Crippen molar-refractivity contribution in [2.75, 3.05) is 32.0 Å². The molecular weight excluding hydrogens is 416 g/mol. The Hall–Kier alpha value is -2.06. The minimum atomic E-state index is -0.887. The van der Waals surface area contributed by atoms with Gasteiger partial charge < -0.3 is 9.64 Å². The molecule has 2 saturated heterocycles. The van der Waals surface area contributed by atoms with Crippen LogP contribution in [0.25, 0.3) is 0 Å². The Kier molecular flexibility index (Phi) is 6.85. The normalized spacial score (nSPS) is 22.1. The molecule has 9 heteroatoms. The summed E-state index contributed by atoms with van der Waals surface area (Å²) in [6.45, 7) is 2.36. The quantitative estimate of drug-likeness (QED) is 0.635. The summed E-state index contributed by atoms with van der Waals surface area (Å²) in [5, 5.41) is 0.171. The number of piperidine rings is 1. The van der Waals surface area contributed by atoms with Crippen LogP contribution in [0.4, 0.5) is 4.79 Å². The first-order valence-electron chi connectivity index (χ1n) is 9.51. The molecule has 0 bridgehead atoms. The molecule has 0 radical (unpaired) electrons. The summed E-state index contributed by atoms with van der Waals surface area (Å²) in [5.74, 6) is -0.982. The third-order valence-corrected chi connectivity index (χ3v) is 6.30. The predicted molar refractivity (Wildman–Crippen MR) is 110 cm³/mol. The lowest BCUT2D eigenvalue weighted by atomic mass is 9.75. The number of hydrogen-bond donors (Lipinski definition) is 0. The third-order valence-electron chi connectivity index (χ3n) is 5.20. The maximum absolute atomic E-state index is 12.9. The number of imide groups is 1. The van der Waals surface area contributed by atoms with Gasteiger partial charge in [0.2, 0.25) is 11.8 Å². The number of likely N-dealkylation sites (tertiary alicyclic amines) is 1. The third kappa shape index (κ3) is 4.93. The van der Waals surface area contributed by atoms with Crippen LogP contribution in [-0.4, -0.2) is 64.8 Å². The Morgan fingerprint density at radius 2 is 2.10 bits per heavy atom. The zero-order valence-corrected chi connectivity index (χ0v) is 17.8. The van der Waals surface area contributed by atoms with Gasteiger partial charge in [-0.05, 0) is 43.9 Å². The highest BCUT2D eigenvalue weighted by atomic mass is 35.5. The zero-order chi connectivity index (χ0) is 21.0. The van der Waals surface area contributed by atoms with Crippen molar-refractivity contribution in [2.24, 2.45) is 5.41 Å². The summed E-state index contributed by atoms with van der Waals surface area (Å²) in [6, 6.07) is 7.29. The van der Waals surface area contributed by atoms with Gasteiger partial charge in [-0.1, -0.05) is 35.5 Å². The lowest BCUT2D eigenvalue weighted by Gasteiger charge is -2.41. The topological polar surface area (TPSA) is 84.0 Å². The van der Waals surface area contributed by atoms with E-state index in [4.69, 9.17) is 16.3 Å². The number of ether oxygens (including phenoxy) is 1. The Labute approximate surface area is 178 Å². The number of amides is 3. The van der Waals surface area contributed by atoms with Crippen LogP contribution in [0.2, 0.25) is 5.02 Å². The average molecular weight is 439 g/mol. The molecule has 0 N–H and O–H groups in total. The van der Waals surface area contributed by atoms with Crippen LogP contribution in [-0.2, 0) is 25.5 Å². The summed E-state index contributed by atoms with van der Waals surface area (Å²) < 4.78 is 5.35. The largest absolute Gasteiger partial charge is 0.466 e. The van der Waals surface area contributed by atoms with Crippen LogP contribution in [0.3, 0.4) is 0 Å². The smallest absolute Gasteiger partial charge is 0.314 e. The number of carbonyl (C=O) groups excluding carboxylic acids is 4. The summed E-state index contributed by atoms with van der Waals surface area (Å²) >= 11 is 6.99. The van der Waals surface area contributed by atoms with Gasteiger partial charge in [-0.3, -0.25) is 24.1 Å². The van der Waals surface area contributed by atoms with Gasteiger partial charge in [-0.15, -0.1) is 0 Å². The number of thioether (sulfide) groups is 1.